The molecule has 1 aromatic rings. The predicted octanol–water partition coefficient (Wildman–Crippen LogP) is 0.528. The van der Waals surface area contributed by atoms with Gasteiger partial charge in [-0.15, -0.1) is 0 Å². The minimum Gasteiger partial charge on any atom is -0.467 e. The lowest BCUT2D eigenvalue weighted by Crippen LogP contribution is -2.46. The first-order valence-electron chi connectivity index (χ1n) is 5.62. The Bertz CT molecular complexity index is 414. The van der Waals surface area contributed by atoms with Crippen molar-refractivity contribution in [3.05, 3.63) is 30.9 Å². The number of amides is 1. The number of likely N-dealkylation sites (N-methyl/N-ethyl adjacent to an activating group) is 1. The number of aromatic nitrogens is 2. The number of aromatic amines is 1. The molecule has 6 heteroatoms. The largest absolute Gasteiger partial charge is 0.467 e. The summed E-state index contributed by atoms with van der Waals surface area (Å²) in [6.45, 7) is 5.63. The van der Waals surface area contributed by atoms with Gasteiger partial charge in [0.15, 0.2) is 0 Å². The van der Waals surface area contributed by atoms with Gasteiger partial charge in [-0.3, -0.25) is 4.79 Å². The van der Waals surface area contributed by atoms with Gasteiger partial charge in [-0.1, -0.05) is 6.58 Å². The van der Waals surface area contributed by atoms with Crippen molar-refractivity contribution in [3.63, 3.8) is 0 Å². The molecular formula is C12H17N3O3. The van der Waals surface area contributed by atoms with Crippen molar-refractivity contribution in [2.75, 3.05) is 13.7 Å². The average molecular weight is 251 g/mol. The van der Waals surface area contributed by atoms with Gasteiger partial charge < -0.3 is 14.6 Å². The lowest BCUT2D eigenvalue weighted by atomic mass is 10.1. The standard InChI is InChI=1S/C12H17N3O3/c1-4-11(16)15(5-2)10(12(17)18-3)6-9-7-13-8-14-9/h4,7-8,10H,1,5-6H2,2-3H3,(H,13,14)/t10-/m0/s1. The summed E-state index contributed by atoms with van der Waals surface area (Å²) in [6, 6.07) is -0.675. The highest BCUT2D eigenvalue weighted by atomic mass is 16.5. The molecular weight excluding hydrogens is 234 g/mol. The summed E-state index contributed by atoms with van der Waals surface area (Å²) < 4.78 is 4.74. The zero-order valence-corrected chi connectivity index (χ0v) is 10.5. The fraction of sp³-hybridized carbons (Fsp3) is 0.417. The third kappa shape index (κ3) is 3.19. The normalized spacial score (nSPS) is 11.7. The number of hydrogen-bond donors (Lipinski definition) is 1. The Kier molecular flexibility index (Phi) is 5.10. The van der Waals surface area contributed by atoms with Crippen LogP contribution in [0.2, 0.25) is 0 Å². The van der Waals surface area contributed by atoms with E-state index < -0.39 is 12.0 Å². The van der Waals surface area contributed by atoms with E-state index in [1.54, 1.807) is 13.1 Å². The number of hydrogen-bond acceptors (Lipinski definition) is 4. The highest BCUT2D eigenvalue weighted by Crippen LogP contribution is 2.09. The van der Waals surface area contributed by atoms with E-state index in [1.165, 1.54) is 24.4 Å². The van der Waals surface area contributed by atoms with Gasteiger partial charge in [0.05, 0.1) is 13.4 Å². The molecule has 0 aromatic carbocycles. The highest BCUT2D eigenvalue weighted by Gasteiger charge is 2.28. The van der Waals surface area contributed by atoms with Gasteiger partial charge in [-0.25, -0.2) is 9.78 Å². The molecule has 0 spiro atoms. The number of H-pyrrole nitrogens is 1. The van der Waals surface area contributed by atoms with Crippen molar-refractivity contribution in [1.29, 1.82) is 0 Å². The molecule has 0 aliphatic carbocycles. The van der Waals surface area contributed by atoms with Gasteiger partial charge in [0.1, 0.15) is 6.04 Å². The highest BCUT2D eigenvalue weighted by molar-refractivity contribution is 5.91. The molecule has 0 radical (unpaired) electrons. The fourth-order valence-corrected chi connectivity index (χ4v) is 1.71. The summed E-state index contributed by atoms with van der Waals surface area (Å²) in [5.74, 6) is -0.755. The Morgan fingerprint density at radius 1 is 1.67 bits per heavy atom. The van der Waals surface area contributed by atoms with Crippen molar-refractivity contribution in [3.8, 4) is 0 Å². The smallest absolute Gasteiger partial charge is 0.328 e. The van der Waals surface area contributed by atoms with Crippen LogP contribution >= 0.6 is 0 Å². The van der Waals surface area contributed by atoms with Crippen molar-refractivity contribution in [2.24, 2.45) is 0 Å². The first-order valence-corrected chi connectivity index (χ1v) is 5.62. The maximum absolute atomic E-state index is 11.8. The molecule has 0 fully saturated rings. The number of ether oxygens (including phenoxy) is 1. The van der Waals surface area contributed by atoms with Crippen LogP contribution < -0.4 is 0 Å². The van der Waals surface area contributed by atoms with Gasteiger partial charge in [0, 0.05) is 24.9 Å². The number of nitrogens with zero attached hydrogens (tertiary/aromatic N) is 2. The van der Waals surface area contributed by atoms with E-state index in [4.69, 9.17) is 4.74 Å². The van der Waals surface area contributed by atoms with Crippen LogP contribution in [0.1, 0.15) is 12.6 Å². The summed E-state index contributed by atoms with van der Waals surface area (Å²) in [5, 5.41) is 0. The van der Waals surface area contributed by atoms with Crippen LogP contribution in [0.5, 0.6) is 0 Å². The van der Waals surface area contributed by atoms with Crippen molar-refractivity contribution < 1.29 is 14.3 Å². The molecule has 1 atom stereocenters. The summed E-state index contributed by atoms with van der Waals surface area (Å²) in [5.41, 5.74) is 0.765. The van der Waals surface area contributed by atoms with Crippen molar-refractivity contribution >= 4 is 11.9 Å². The molecule has 18 heavy (non-hydrogen) atoms. The minimum atomic E-state index is -0.675. The number of carbonyl (C=O) groups is 2. The molecule has 0 bridgehead atoms. The quantitative estimate of drug-likeness (QED) is 0.591. The fourth-order valence-electron chi connectivity index (χ4n) is 1.71. The first-order chi connectivity index (χ1) is 8.63. The van der Waals surface area contributed by atoms with Gasteiger partial charge >= 0.3 is 5.97 Å². The lowest BCUT2D eigenvalue weighted by Gasteiger charge is -2.27. The van der Waals surface area contributed by atoms with E-state index in [2.05, 4.69) is 16.5 Å². The zero-order chi connectivity index (χ0) is 13.5. The van der Waals surface area contributed by atoms with E-state index in [9.17, 15) is 9.59 Å². The number of methoxy groups -OCH3 is 1. The van der Waals surface area contributed by atoms with Crippen LogP contribution in [-0.2, 0) is 20.7 Å². The second-order valence-electron chi connectivity index (χ2n) is 3.65. The molecule has 0 unspecified atom stereocenters. The number of nitrogens with one attached hydrogen (secondary N) is 1. The second-order valence-corrected chi connectivity index (χ2v) is 3.65. The molecule has 0 aliphatic rings. The Morgan fingerprint density at radius 3 is 2.83 bits per heavy atom. The van der Waals surface area contributed by atoms with Gasteiger partial charge in [0.25, 0.3) is 0 Å². The second kappa shape index (κ2) is 6.58. The molecule has 0 saturated carbocycles. The maximum atomic E-state index is 11.8. The maximum Gasteiger partial charge on any atom is 0.328 e. The predicted molar refractivity (Wildman–Crippen MR) is 65.7 cm³/mol. The molecule has 1 rings (SSSR count). The Morgan fingerprint density at radius 2 is 2.39 bits per heavy atom. The van der Waals surface area contributed by atoms with E-state index in [0.717, 1.165) is 5.69 Å². The number of rotatable bonds is 6. The SMILES string of the molecule is C=CC(=O)N(CC)[C@@H](Cc1cnc[nH]1)C(=O)OC. The number of esters is 1. The Labute approximate surface area is 106 Å². The lowest BCUT2D eigenvalue weighted by molar-refractivity contribution is -0.151. The van der Waals surface area contributed by atoms with Crippen molar-refractivity contribution in [2.45, 2.75) is 19.4 Å². The monoisotopic (exact) mass is 251 g/mol. The summed E-state index contributed by atoms with van der Waals surface area (Å²) in [7, 11) is 1.30. The summed E-state index contributed by atoms with van der Waals surface area (Å²) in [6.07, 6.45) is 4.66. The molecule has 6 nitrogen and oxygen atoms in total. The summed E-state index contributed by atoms with van der Waals surface area (Å²) >= 11 is 0. The number of carbonyl (C=O) groups excluding carboxylic acids is 2. The van der Waals surface area contributed by atoms with E-state index in [0.29, 0.717) is 13.0 Å². The van der Waals surface area contributed by atoms with E-state index in [1.807, 2.05) is 0 Å². The number of imidazole rings is 1. The van der Waals surface area contributed by atoms with Crippen LogP contribution in [0.4, 0.5) is 0 Å². The van der Waals surface area contributed by atoms with Gasteiger partial charge in [-0.05, 0) is 13.0 Å². The van der Waals surface area contributed by atoms with Crippen LogP contribution in [0.15, 0.2) is 25.2 Å². The zero-order valence-electron chi connectivity index (χ0n) is 10.5. The van der Waals surface area contributed by atoms with E-state index >= 15 is 0 Å². The molecule has 0 saturated heterocycles. The Hall–Kier alpha value is -2.11. The van der Waals surface area contributed by atoms with Crippen LogP contribution in [0.3, 0.4) is 0 Å². The van der Waals surface area contributed by atoms with Crippen LogP contribution in [0.25, 0.3) is 0 Å². The molecule has 1 N–H and O–H groups in total. The van der Waals surface area contributed by atoms with Crippen molar-refractivity contribution in [1.82, 2.24) is 14.9 Å². The van der Waals surface area contributed by atoms with E-state index in [-0.39, 0.29) is 5.91 Å². The molecule has 1 heterocycles. The first kappa shape index (κ1) is 14.0. The minimum absolute atomic E-state index is 0.299. The third-order valence-electron chi connectivity index (χ3n) is 2.62. The molecule has 98 valence electrons. The third-order valence-corrected chi connectivity index (χ3v) is 2.62. The molecule has 1 amide bonds. The summed E-state index contributed by atoms with van der Waals surface area (Å²) in [4.78, 5) is 31.7. The average Bonchev–Trinajstić information content (AvgIpc) is 2.90. The van der Waals surface area contributed by atoms with Crippen LogP contribution in [0, 0.1) is 0 Å². The van der Waals surface area contributed by atoms with Crippen LogP contribution in [-0.4, -0.2) is 46.4 Å². The topological polar surface area (TPSA) is 75.3 Å². The molecule has 0 aliphatic heterocycles. The molecule has 1 aromatic heterocycles. The van der Waals surface area contributed by atoms with Gasteiger partial charge in [0.2, 0.25) is 5.91 Å². The Balaban J connectivity index is 2.92. The van der Waals surface area contributed by atoms with Gasteiger partial charge in [-0.2, -0.15) is 0 Å².